The summed E-state index contributed by atoms with van der Waals surface area (Å²) in [5, 5.41) is 0. The number of rotatable bonds is 1. The summed E-state index contributed by atoms with van der Waals surface area (Å²) in [7, 11) is 0. The van der Waals surface area contributed by atoms with Gasteiger partial charge in [0.1, 0.15) is 5.60 Å². The highest BCUT2D eigenvalue weighted by molar-refractivity contribution is 5.42. The predicted octanol–water partition coefficient (Wildman–Crippen LogP) is 1.95. The van der Waals surface area contributed by atoms with Crippen LogP contribution in [0.4, 0.5) is 0 Å². The van der Waals surface area contributed by atoms with Crippen LogP contribution < -0.4 is 15.2 Å². The molecular formula is C12H17NO2. The second-order valence-corrected chi connectivity index (χ2v) is 4.55. The van der Waals surface area contributed by atoms with Gasteiger partial charge in [0, 0.05) is 6.04 Å². The van der Waals surface area contributed by atoms with E-state index in [0.717, 1.165) is 11.5 Å². The van der Waals surface area contributed by atoms with Crippen LogP contribution in [0, 0.1) is 0 Å². The Hall–Kier alpha value is -1.22. The molecule has 3 nitrogen and oxygen atoms in total. The third kappa shape index (κ3) is 1.79. The van der Waals surface area contributed by atoms with Crippen molar-refractivity contribution < 1.29 is 9.47 Å². The van der Waals surface area contributed by atoms with Crippen LogP contribution in [0.25, 0.3) is 0 Å². The molecule has 2 atom stereocenters. The van der Waals surface area contributed by atoms with Gasteiger partial charge >= 0.3 is 0 Å². The van der Waals surface area contributed by atoms with E-state index in [2.05, 4.69) is 0 Å². The largest absolute Gasteiger partial charge is 0.481 e. The molecule has 0 saturated heterocycles. The first-order valence-corrected chi connectivity index (χ1v) is 5.21. The van der Waals surface area contributed by atoms with Crippen LogP contribution in [0.2, 0.25) is 0 Å². The minimum absolute atomic E-state index is 0.0617. The van der Waals surface area contributed by atoms with Gasteiger partial charge in [-0.25, -0.2) is 0 Å². The molecule has 15 heavy (non-hydrogen) atoms. The van der Waals surface area contributed by atoms with E-state index < -0.39 is 0 Å². The lowest BCUT2D eigenvalue weighted by atomic mass is 9.94. The van der Waals surface area contributed by atoms with Crippen molar-refractivity contribution in [2.24, 2.45) is 5.73 Å². The average molecular weight is 207 g/mol. The standard InChI is InChI=1S/C12H17NO2/c1-8(13)11-12(2,3)15-10-7-5-4-6-9(10)14-11/h4-8,11H,13H2,1-3H3/t8-,11+/m0/s1. The van der Waals surface area contributed by atoms with Crippen molar-refractivity contribution in [1.82, 2.24) is 0 Å². The lowest BCUT2D eigenvalue weighted by Gasteiger charge is -2.41. The fourth-order valence-corrected chi connectivity index (χ4v) is 1.99. The average Bonchev–Trinajstić information content (AvgIpc) is 2.14. The minimum atomic E-state index is -0.386. The van der Waals surface area contributed by atoms with Crippen molar-refractivity contribution in [2.75, 3.05) is 0 Å². The molecule has 0 saturated carbocycles. The first-order chi connectivity index (χ1) is 7.00. The van der Waals surface area contributed by atoms with E-state index in [-0.39, 0.29) is 17.7 Å². The van der Waals surface area contributed by atoms with Crippen molar-refractivity contribution >= 4 is 0 Å². The maximum absolute atomic E-state index is 5.89. The maximum atomic E-state index is 5.89. The molecule has 0 fully saturated rings. The first kappa shape index (κ1) is 10.3. The van der Waals surface area contributed by atoms with Gasteiger partial charge in [-0.1, -0.05) is 12.1 Å². The molecule has 3 heteroatoms. The Morgan fingerprint density at radius 2 is 1.87 bits per heavy atom. The molecule has 0 aromatic heterocycles. The SMILES string of the molecule is C[C@H](N)[C@H]1Oc2ccccc2OC1(C)C. The summed E-state index contributed by atoms with van der Waals surface area (Å²) in [4.78, 5) is 0. The molecule has 0 amide bonds. The van der Waals surface area contributed by atoms with Gasteiger partial charge in [0.2, 0.25) is 0 Å². The Morgan fingerprint density at radius 1 is 1.27 bits per heavy atom. The molecule has 1 aliphatic heterocycles. The molecule has 2 N–H and O–H groups in total. The lowest BCUT2D eigenvalue weighted by molar-refractivity contribution is -0.0509. The Labute approximate surface area is 90.2 Å². The van der Waals surface area contributed by atoms with Gasteiger partial charge in [-0.3, -0.25) is 0 Å². The zero-order valence-electron chi connectivity index (χ0n) is 9.36. The Kier molecular flexibility index (Phi) is 2.35. The fraction of sp³-hybridized carbons (Fsp3) is 0.500. The van der Waals surface area contributed by atoms with Crippen LogP contribution in [0.5, 0.6) is 11.5 Å². The topological polar surface area (TPSA) is 44.5 Å². The third-order valence-electron chi connectivity index (χ3n) is 2.64. The zero-order chi connectivity index (χ0) is 11.1. The second-order valence-electron chi connectivity index (χ2n) is 4.55. The van der Waals surface area contributed by atoms with Crippen LogP contribution in [-0.2, 0) is 0 Å². The maximum Gasteiger partial charge on any atom is 0.162 e. The van der Waals surface area contributed by atoms with Gasteiger partial charge in [0.25, 0.3) is 0 Å². The Morgan fingerprint density at radius 3 is 2.47 bits per heavy atom. The van der Waals surface area contributed by atoms with Crippen molar-refractivity contribution in [1.29, 1.82) is 0 Å². The normalized spacial score (nSPS) is 24.7. The molecular weight excluding hydrogens is 190 g/mol. The first-order valence-electron chi connectivity index (χ1n) is 5.21. The quantitative estimate of drug-likeness (QED) is 0.765. The molecule has 82 valence electrons. The number of para-hydroxylation sites is 2. The lowest BCUT2D eigenvalue weighted by Crippen LogP contribution is -2.56. The van der Waals surface area contributed by atoms with Gasteiger partial charge in [-0.05, 0) is 32.9 Å². The van der Waals surface area contributed by atoms with Crippen LogP contribution in [-0.4, -0.2) is 17.7 Å². The summed E-state index contributed by atoms with van der Waals surface area (Å²) in [5.41, 5.74) is 5.51. The number of hydrogen-bond acceptors (Lipinski definition) is 3. The molecule has 0 radical (unpaired) electrons. The van der Waals surface area contributed by atoms with E-state index in [1.807, 2.05) is 45.0 Å². The van der Waals surface area contributed by atoms with E-state index in [0.29, 0.717) is 0 Å². The van der Waals surface area contributed by atoms with E-state index >= 15 is 0 Å². The summed E-state index contributed by atoms with van der Waals surface area (Å²) in [5.74, 6) is 1.57. The number of ether oxygens (including phenoxy) is 2. The summed E-state index contributed by atoms with van der Waals surface area (Å²) < 4.78 is 11.7. The van der Waals surface area contributed by atoms with Crippen LogP contribution >= 0.6 is 0 Å². The van der Waals surface area contributed by atoms with Crippen LogP contribution in [0.15, 0.2) is 24.3 Å². The molecule has 1 aromatic carbocycles. The van der Waals surface area contributed by atoms with Gasteiger partial charge < -0.3 is 15.2 Å². The van der Waals surface area contributed by atoms with Gasteiger partial charge in [-0.15, -0.1) is 0 Å². The molecule has 0 bridgehead atoms. The Balaban J connectivity index is 2.36. The number of hydrogen-bond donors (Lipinski definition) is 1. The Bertz CT molecular complexity index is 360. The molecule has 2 rings (SSSR count). The van der Waals surface area contributed by atoms with Crippen LogP contribution in [0.3, 0.4) is 0 Å². The van der Waals surface area contributed by atoms with Gasteiger partial charge in [0.05, 0.1) is 0 Å². The van der Waals surface area contributed by atoms with Crippen LogP contribution in [0.1, 0.15) is 20.8 Å². The number of benzene rings is 1. The highest BCUT2D eigenvalue weighted by atomic mass is 16.6. The minimum Gasteiger partial charge on any atom is -0.481 e. The molecule has 0 unspecified atom stereocenters. The van der Waals surface area contributed by atoms with E-state index in [4.69, 9.17) is 15.2 Å². The fourth-order valence-electron chi connectivity index (χ4n) is 1.99. The van der Waals surface area contributed by atoms with Crippen molar-refractivity contribution in [2.45, 2.75) is 38.5 Å². The van der Waals surface area contributed by atoms with Crippen molar-refractivity contribution in [3.63, 3.8) is 0 Å². The molecule has 0 spiro atoms. The highest BCUT2D eigenvalue weighted by Gasteiger charge is 2.40. The van der Waals surface area contributed by atoms with E-state index in [9.17, 15) is 0 Å². The second kappa shape index (κ2) is 3.42. The van der Waals surface area contributed by atoms with E-state index in [1.54, 1.807) is 0 Å². The van der Waals surface area contributed by atoms with Crippen molar-refractivity contribution in [3.05, 3.63) is 24.3 Å². The summed E-state index contributed by atoms with van der Waals surface area (Å²) in [6.07, 6.45) is -0.118. The smallest absolute Gasteiger partial charge is 0.162 e. The van der Waals surface area contributed by atoms with Gasteiger partial charge in [-0.2, -0.15) is 0 Å². The summed E-state index contributed by atoms with van der Waals surface area (Å²) in [6.45, 7) is 5.93. The molecule has 0 aliphatic carbocycles. The predicted molar refractivity (Wildman–Crippen MR) is 59.2 cm³/mol. The summed E-state index contributed by atoms with van der Waals surface area (Å²) in [6, 6.07) is 7.62. The number of nitrogens with two attached hydrogens (primary N) is 1. The van der Waals surface area contributed by atoms with E-state index in [1.165, 1.54) is 0 Å². The zero-order valence-corrected chi connectivity index (χ0v) is 9.36. The highest BCUT2D eigenvalue weighted by Crippen LogP contribution is 2.38. The third-order valence-corrected chi connectivity index (χ3v) is 2.64. The number of fused-ring (bicyclic) bond motifs is 1. The monoisotopic (exact) mass is 207 g/mol. The summed E-state index contributed by atoms with van der Waals surface area (Å²) >= 11 is 0. The molecule has 1 heterocycles. The van der Waals surface area contributed by atoms with Crippen molar-refractivity contribution in [3.8, 4) is 11.5 Å². The van der Waals surface area contributed by atoms with Gasteiger partial charge in [0.15, 0.2) is 17.6 Å². The molecule has 1 aliphatic rings. The molecule has 1 aromatic rings.